The van der Waals surface area contributed by atoms with Crippen LogP contribution in [-0.2, 0) is 6.54 Å². The van der Waals surface area contributed by atoms with Gasteiger partial charge in [-0.2, -0.15) is 11.8 Å². The van der Waals surface area contributed by atoms with Gasteiger partial charge in [0.15, 0.2) is 5.65 Å². The molecule has 4 nitrogen and oxygen atoms in total. The Balaban J connectivity index is 2.40. The van der Waals surface area contributed by atoms with Gasteiger partial charge >= 0.3 is 0 Å². The molecule has 0 radical (unpaired) electrons. The molecule has 0 aliphatic heterocycles. The van der Waals surface area contributed by atoms with Gasteiger partial charge in [-0.25, -0.2) is 9.97 Å². The van der Waals surface area contributed by atoms with Crippen molar-refractivity contribution in [1.82, 2.24) is 14.5 Å². The van der Waals surface area contributed by atoms with Crippen LogP contribution >= 0.6 is 11.8 Å². The molecule has 0 fully saturated rings. The number of fused-ring (bicyclic) bond motifs is 1. The lowest BCUT2D eigenvalue weighted by Crippen LogP contribution is -2.12. The van der Waals surface area contributed by atoms with Crippen LogP contribution < -0.4 is 5.73 Å². The molecule has 0 amide bonds. The van der Waals surface area contributed by atoms with Gasteiger partial charge in [-0.05, 0) is 36.5 Å². The molecular weight excluding hydrogens is 232 g/mol. The minimum absolute atomic E-state index is 0.562. The fourth-order valence-electron chi connectivity index (χ4n) is 1.98. The molecule has 0 saturated heterocycles. The van der Waals surface area contributed by atoms with E-state index in [0.717, 1.165) is 29.0 Å². The summed E-state index contributed by atoms with van der Waals surface area (Å²) < 4.78 is 2.02. The second kappa shape index (κ2) is 4.96. The van der Waals surface area contributed by atoms with Gasteiger partial charge in [-0.15, -0.1) is 0 Å². The average molecular weight is 250 g/mol. The lowest BCUT2D eigenvalue weighted by Gasteiger charge is -2.12. The van der Waals surface area contributed by atoms with E-state index in [1.54, 1.807) is 0 Å². The normalized spacial score (nSPS) is 13.1. The fraction of sp³-hybridized carbons (Fsp3) is 0.500. The first kappa shape index (κ1) is 12.2. The SMILES string of the molecule is CSCC(C)Cn1c(N)nc2c(C)ccnc21. The third-order valence-corrected chi connectivity index (χ3v) is 3.71. The Morgan fingerprint density at radius 2 is 2.29 bits per heavy atom. The molecule has 0 aliphatic carbocycles. The minimum atomic E-state index is 0.562. The quantitative estimate of drug-likeness (QED) is 0.904. The van der Waals surface area contributed by atoms with E-state index in [1.807, 2.05) is 35.5 Å². The van der Waals surface area contributed by atoms with E-state index in [9.17, 15) is 0 Å². The summed E-state index contributed by atoms with van der Waals surface area (Å²) in [5.74, 6) is 2.24. The number of hydrogen-bond acceptors (Lipinski definition) is 4. The lowest BCUT2D eigenvalue weighted by molar-refractivity contribution is 0.544. The van der Waals surface area contributed by atoms with Gasteiger partial charge in [-0.1, -0.05) is 6.92 Å². The highest BCUT2D eigenvalue weighted by Gasteiger charge is 2.13. The molecule has 5 heteroatoms. The summed E-state index contributed by atoms with van der Waals surface area (Å²) in [6.45, 7) is 5.13. The third kappa shape index (κ3) is 2.39. The number of hydrogen-bond donors (Lipinski definition) is 1. The van der Waals surface area contributed by atoms with Crippen LogP contribution in [0.4, 0.5) is 5.95 Å². The Morgan fingerprint density at radius 1 is 1.53 bits per heavy atom. The highest BCUT2D eigenvalue weighted by atomic mass is 32.2. The van der Waals surface area contributed by atoms with Crippen LogP contribution in [0.1, 0.15) is 12.5 Å². The van der Waals surface area contributed by atoms with E-state index >= 15 is 0 Å². The van der Waals surface area contributed by atoms with Crippen molar-refractivity contribution in [2.24, 2.45) is 5.92 Å². The van der Waals surface area contributed by atoms with E-state index < -0.39 is 0 Å². The molecule has 2 aromatic rings. The molecule has 2 rings (SSSR count). The van der Waals surface area contributed by atoms with Gasteiger partial charge in [0.05, 0.1) is 0 Å². The summed E-state index contributed by atoms with van der Waals surface area (Å²) in [5.41, 5.74) is 8.91. The van der Waals surface area contributed by atoms with Crippen molar-refractivity contribution < 1.29 is 0 Å². The number of nitrogen functional groups attached to an aromatic ring is 1. The summed E-state index contributed by atoms with van der Waals surface area (Å²) >= 11 is 1.85. The first-order valence-electron chi connectivity index (χ1n) is 5.69. The predicted octanol–water partition coefficient (Wildman–Crippen LogP) is 2.32. The van der Waals surface area contributed by atoms with E-state index in [2.05, 4.69) is 23.1 Å². The Hall–Kier alpha value is -1.23. The number of anilines is 1. The van der Waals surface area contributed by atoms with Crippen molar-refractivity contribution in [3.63, 3.8) is 0 Å². The average Bonchev–Trinajstić information content (AvgIpc) is 2.58. The first-order valence-corrected chi connectivity index (χ1v) is 7.09. The molecule has 0 bridgehead atoms. The number of imidazole rings is 1. The van der Waals surface area contributed by atoms with Gasteiger partial charge in [0.2, 0.25) is 5.95 Å². The van der Waals surface area contributed by atoms with Crippen molar-refractivity contribution in [3.05, 3.63) is 17.8 Å². The smallest absolute Gasteiger partial charge is 0.202 e. The zero-order valence-corrected chi connectivity index (χ0v) is 11.3. The highest BCUT2D eigenvalue weighted by molar-refractivity contribution is 7.98. The molecule has 0 aromatic carbocycles. The minimum Gasteiger partial charge on any atom is -0.369 e. The van der Waals surface area contributed by atoms with Crippen LogP contribution in [0.3, 0.4) is 0 Å². The maximum atomic E-state index is 5.97. The number of rotatable bonds is 4. The standard InChI is InChI=1S/C12H18N4S/c1-8(7-17-3)6-16-11-10(15-12(16)13)9(2)4-5-14-11/h4-5,8H,6-7H2,1-3H3,(H2,13,15). The maximum Gasteiger partial charge on any atom is 0.202 e. The number of aromatic nitrogens is 3. The van der Waals surface area contributed by atoms with Crippen LogP contribution in [0.5, 0.6) is 0 Å². The van der Waals surface area contributed by atoms with Gasteiger partial charge in [-0.3, -0.25) is 4.57 Å². The van der Waals surface area contributed by atoms with Crippen molar-refractivity contribution in [1.29, 1.82) is 0 Å². The summed E-state index contributed by atoms with van der Waals surface area (Å²) in [6, 6.07) is 1.96. The predicted molar refractivity (Wildman–Crippen MR) is 74.2 cm³/mol. The first-order chi connectivity index (χ1) is 8.13. The monoisotopic (exact) mass is 250 g/mol. The molecule has 2 N–H and O–H groups in total. The molecule has 2 aromatic heterocycles. The second-order valence-corrected chi connectivity index (χ2v) is 5.35. The number of thioether (sulfide) groups is 1. The Morgan fingerprint density at radius 3 is 3.00 bits per heavy atom. The summed E-state index contributed by atoms with van der Waals surface area (Å²) in [6.07, 6.45) is 3.93. The number of nitrogens with two attached hydrogens (primary N) is 1. The Bertz CT molecular complexity index is 520. The number of aryl methyl sites for hydroxylation is 1. The van der Waals surface area contributed by atoms with Crippen LogP contribution in [0.25, 0.3) is 11.2 Å². The van der Waals surface area contributed by atoms with Gasteiger partial charge in [0, 0.05) is 12.7 Å². The van der Waals surface area contributed by atoms with Gasteiger partial charge < -0.3 is 5.73 Å². The second-order valence-electron chi connectivity index (χ2n) is 4.44. The summed E-state index contributed by atoms with van der Waals surface area (Å²) in [5, 5.41) is 0. The van der Waals surface area contributed by atoms with E-state index in [1.165, 1.54) is 0 Å². The van der Waals surface area contributed by atoms with Gasteiger partial charge in [0.25, 0.3) is 0 Å². The molecule has 0 aliphatic rings. The molecule has 0 spiro atoms. The van der Waals surface area contributed by atoms with Crippen molar-refractivity contribution >= 4 is 28.9 Å². The molecule has 1 atom stereocenters. The zero-order valence-electron chi connectivity index (χ0n) is 10.5. The molecule has 1 unspecified atom stereocenters. The molecule has 17 heavy (non-hydrogen) atoms. The molecule has 2 heterocycles. The van der Waals surface area contributed by atoms with E-state index in [0.29, 0.717) is 11.9 Å². The van der Waals surface area contributed by atoms with Crippen molar-refractivity contribution in [2.45, 2.75) is 20.4 Å². The van der Waals surface area contributed by atoms with Crippen molar-refractivity contribution in [3.8, 4) is 0 Å². The molecule has 92 valence electrons. The summed E-state index contributed by atoms with van der Waals surface area (Å²) in [4.78, 5) is 8.79. The van der Waals surface area contributed by atoms with Gasteiger partial charge in [0.1, 0.15) is 5.52 Å². The maximum absolute atomic E-state index is 5.97. The zero-order chi connectivity index (χ0) is 12.4. The summed E-state index contributed by atoms with van der Waals surface area (Å²) in [7, 11) is 0. The van der Waals surface area contributed by atoms with Crippen LogP contribution in [0.15, 0.2) is 12.3 Å². The topological polar surface area (TPSA) is 56.7 Å². The number of pyridine rings is 1. The third-order valence-electron chi connectivity index (χ3n) is 2.81. The Kier molecular flexibility index (Phi) is 3.57. The largest absolute Gasteiger partial charge is 0.369 e. The number of nitrogens with zero attached hydrogens (tertiary/aromatic N) is 3. The van der Waals surface area contributed by atoms with Crippen molar-refractivity contribution in [2.75, 3.05) is 17.7 Å². The van der Waals surface area contributed by atoms with Crippen LogP contribution in [-0.4, -0.2) is 26.5 Å². The van der Waals surface area contributed by atoms with E-state index in [4.69, 9.17) is 5.73 Å². The van der Waals surface area contributed by atoms with Crippen LogP contribution in [0, 0.1) is 12.8 Å². The van der Waals surface area contributed by atoms with E-state index in [-0.39, 0.29) is 0 Å². The van der Waals surface area contributed by atoms with Crippen LogP contribution in [0.2, 0.25) is 0 Å². The fourth-order valence-corrected chi connectivity index (χ4v) is 2.66. The lowest BCUT2D eigenvalue weighted by atomic mass is 10.2. The molecular formula is C12H18N4S. The molecule has 0 saturated carbocycles. The Labute approximate surface area is 106 Å². The highest BCUT2D eigenvalue weighted by Crippen LogP contribution is 2.20.